The van der Waals surface area contributed by atoms with Crippen molar-refractivity contribution in [3.05, 3.63) is 93.2 Å². The lowest BCUT2D eigenvalue weighted by atomic mass is 10.0. The van der Waals surface area contributed by atoms with Crippen molar-refractivity contribution in [1.29, 1.82) is 0 Å². The number of carboxylic acids is 1. The largest absolute Gasteiger partial charge is 0.487 e. The number of carbonyl (C=O) groups excluding carboxylic acids is 1. The molecule has 0 aliphatic heterocycles. The summed E-state index contributed by atoms with van der Waals surface area (Å²) in [6, 6.07) is 14.8. The monoisotopic (exact) mass is 458 g/mol. The highest BCUT2D eigenvalue weighted by atomic mass is 35.5. The van der Waals surface area contributed by atoms with Crippen LogP contribution in [0.5, 0.6) is 5.75 Å². The minimum Gasteiger partial charge on any atom is -0.487 e. The third-order valence-corrected chi connectivity index (χ3v) is 4.92. The van der Waals surface area contributed by atoms with Gasteiger partial charge in [-0.25, -0.2) is 4.79 Å². The number of rotatable bonds is 8. The SMILES string of the molecule is C[C@@H](Cc1ccc(C(=O)O)cc1)NC(=O)c1cc(Cl)cnc1COc1cccc(Cl)c1. The summed E-state index contributed by atoms with van der Waals surface area (Å²) in [7, 11) is 0. The molecule has 1 aromatic heterocycles. The van der Waals surface area contributed by atoms with E-state index in [0.717, 1.165) is 5.56 Å². The van der Waals surface area contributed by atoms with Crippen molar-refractivity contribution < 1.29 is 19.4 Å². The standard InChI is InChI=1S/C23H20Cl2N2O4/c1-14(9-15-5-7-16(8-6-15)23(29)30)27-22(28)20-11-18(25)12-26-21(20)13-31-19-4-2-3-17(24)10-19/h2-8,10-12,14H,9,13H2,1H3,(H,27,28)(H,29,30)/t14-/m0/s1. The fraction of sp³-hybridized carbons (Fsp3) is 0.174. The molecule has 2 N–H and O–H groups in total. The van der Waals surface area contributed by atoms with Crippen molar-refractivity contribution >= 4 is 35.1 Å². The number of aromatic carboxylic acids is 1. The maximum atomic E-state index is 12.9. The van der Waals surface area contributed by atoms with Crippen LogP contribution in [0.3, 0.4) is 0 Å². The summed E-state index contributed by atoms with van der Waals surface area (Å²) in [6.45, 7) is 1.94. The summed E-state index contributed by atoms with van der Waals surface area (Å²) < 4.78 is 5.72. The molecule has 0 fully saturated rings. The zero-order valence-electron chi connectivity index (χ0n) is 16.6. The first-order chi connectivity index (χ1) is 14.8. The van der Waals surface area contributed by atoms with Crippen molar-refractivity contribution in [2.45, 2.75) is 26.0 Å². The van der Waals surface area contributed by atoms with E-state index in [0.29, 0.717) is 33.5 Å². The average molecular weight is 459 g/mol. The van der Waals surface area contributed by atoms with Gasteiger partial charge >= 0.3 is 5.97 Å². The van der Waals surface area contributed by atoms with Gasteiger partial charge in [-0.1, -0.05) is 41.4 Å². The lowest BCUT2D eigenvalue weighted by Crippen LogP contribution is -2.35. The first-order valence-electron chi connectivity index (χ1n) is 9.47. The molecule has 1 atom stereocenters. The second-order valence-corrected chi connectivity index (χ2v) is 7.85. The molecule has 3 rings (SSSR count). The number of amides is 1. The number of halogens is 2. The zero-order chi connectivity index (χ0) is 22.4. The molecule has 0 unspecified atom stereocenters. The van der Waals surface area contributed by atoms with Gasteiger partial charge in [0.05, 0.1) is 21.8 Å². The van der Waals surface area contributed by atoms with Crippen LogP contribution in [0.1, 0.15) is 38.9 Å². The smallest absolute Gasteiger partial charge is 0.335 e. The fourth-order valence-corrected chi connectivity index (χ4v) is 3.32. The number of nitrogens with zero attached hydrogens (tertiary/aromatic N) is 1. The summed E-state index contributed by atoms with van der Waals surface area (Å²) in [5, 5.41) is 12.8. The van der Waals surface area contributed by atoms with Crippen LogP contribution < -0.4 is 10.1 Å². The van der Waals surface area contributed by atoms with E-state index in [9.17, 15) is 9.59 Å². The van der Waals surface area contributed by atoms with Crippen LogP contribution in [-0.4, -0.2) is 28.0 Å². The van der Waals surface area contributed by atoms with E-state index >= 15 is 0 Å². The van der Waals surface area contributed by atoms with Gasteiger partial charge in [-0.05, 0) is 55.3 Å². The summed E-state index contributed by atoms with van der Waals surface area (Å²) in [6.07, 6.45) is 2.00. The molecular weight excluding hydrogens is 439 g/mol. The fourth-order valence-electron chi connectivity index (χ4n) is 2.98. The van der Waals surface area contributed by atoms with Gasteiger partial charge in [0.1, 0.15) is 12.4 Å². The lowest BCUT2D eigenvalue weighted by Gasteiger charge is -2.16. The number of carboxylic acid groups (broad SMARTS) is 1. The molecule has 0 spiro atoms. The van der Waals surface area contributed by atoms with Crippen LogP contribution in [0, 0.1) is 0 Å². The Bertz CT molecular complexity index is 1090. The van der Waals surface area contributed by atoms with Crippen LogP contribution in [0.25, 0.3) is 0 Å². The molecule has 0 bridgehead atoms. The number of hydrogen-bond donors (Lipinski definition) is 2. The van der Waals surface area contributed by atoms with Crippen molar-refractivity contribution in [3.8, 4) is 5.75 Å². The number of aromatic nitrogens is 1. The van der Waals surface area contributed by atoms with Crippen molar-refractivity contribution in [2.24, 2.45) is 0 Å². The topological polar surface area (TPSA) is 88.5 Å². The molecule has 1 heterocycles. The highest BCUT2D eigenvalue weighted by molar-refractivity contribution is 6.31. The minimum absolute atomic E-state index is 0.0747. The Labute approximate surface area is 189 Å². The Morgan fingerprint density at radius 3 is 2.52 bits per heavy atom. The van der Waals surface area contributed by atoms with Gasteiger partial charge in [0, 0.05) is 17.3 Å². The van der Waals surface area contributed by atoms with E-state index in [1.165, 1.54) is 6.20 Å². The Hall–Kier alpha value is -3.09. The molecule has 31 heavy (non-hydrogen) atoms. The van der Waals surface area contributed by atoms with Crippen LogP contribution in [-0.2, 0) is 13.0 Å². The first-order valence-corrected chi connectivity index (χ1v) is 10.2. The van der Waals surface area contributed by atoms with Crippen LogP contribution >= 0.6 is 23.2 Å². The molecular formula is C23H20Cl2N2O4. The number of hydrogen-bond acceptors (Lipinski definition) is 4. The number of nitrogens with one attached hydrogen (secondary N) is 1. The minimum atomic E-state index is -0.978. The third-order valence-electron chi connectivity index (χ3n) is 4.47. The first kappa shape index (κ1) is 22.6. The van der Waals surface area contributed by atoms with Crippen LogP contribution in [0.2, 0.25) is 10.0 Å². The molecule has 0 saturated heterocycles. The maximum Gasteiger partial charge on any atom is 0.335 e. The second kappa shape index (κ2) is 10.3. The van der Waals surface area contributed by atoms with E-state index in [1.807, 2.05) is 6.92 Å². The van der Waals surface area contributed by atoms with Crippen molar-refractivity contribution in [3.63, 3.8) is 0 Å². The number of ether oxygens (including phenoxy) is 1. The van der Waals surface area contributed by atoms with E-state index < -0.39 is 5.97 Å². The Morgan fingerprint density at radius 1 is 1.10 bits per heavy atom. The summed E-state index contributed by atoms with van der Waals surface area (Å²) in [4.78, 5) is 28.1. The third kappa shape index (κ3) is 6.44. The summed E-state index contributed by atoms with van der Waals surface area (Å²) in [5.41, 5.74) is 1.89. The van der Waals surface area contributed by atoms with E-state index in [4.69, 9.17) is 33.0 Å². The number of benzene rings is 2. The molecule has 8 heteroatoms. The van der Waals surface area contributed by atoms with E-state index in [1.54, 1.807) is 54.6 Å². The highest BCUT2D eigenvalue weighted by Crippen LogP contribution is 2.20. The van der Waals surface area contributed by atoms with E-state index in [2.05, 4.69) is 10.3 Å². The van der Waals surface area contributed by atoms with Gasteiger partial charge in [0.2, 0.25) is 0 Å². The normalized spacial score (nSPS) is 11.6. The van der Waals surface area contributed by atoms with Gasteiger partial charge in [-0.15, -0.1) is 0 Å². The number of carbonyl (C=O) groups is 2. The lowest BCUT2D eigenvalue weighted by molar-refractivity contribution is 0.0696. The van der Waals surface area contributed by atoms with Gasteiger partial charge in [0.15, 0.2) is 0 Å². The molecule has 6 nitrogen and oxygen atoms in total. The molecule has 0 radical (unpaired) electrons. The average Bonchev–Trinajstić information content (AvgIpc) is 2.73. The molecule has 2 aromatic carbocycles. The Balaban J connectivity index is 1.67. The quantitative estimate of drug-likeness (QED) is 0.494. The summed E-state index contributed by atoms with van der Waals surface area (Å²) in [5.74, 6) is -0.739. The van der Waals surface area contributed by atoms with Gasteiger partial charge in [-0.3, -0.25) is 9.78 Å². The molecule has 160 valence electrons. The van der Waals surface area contributed by atoms with Crippen molar-refractivity contribution in [1.82, 2.24) is 10.3 Å². The van der Waals surface area contributed by atoms with Crippen molar-refractivity contribution in [2.75, 3.05) is 0 Å². The number of pyridine rings is 1. The highest BCUT2D eigenvalue weighted by Gasteiger charge is 2.17. The predicted octanol–water partition coefficient (Wildman–Crippen LogP) is 5.03. The molecule has 1 amide bonds. The second-order valence-electron chi connectivity index (χ2n) is 6.97. The van der Waals surface area contributed by atoms with Gasteiger partial charge in [-0.2, -0.15) is 0 Å². The van der Waals surface area contributed by atoms with Gasteiger partial charge < -0.3 is 15.2 Å². The molecule has 3 aromatic rings. The summed E-state index contributed by atoms with van der Waals surface area (Å²) >= 11 is 12.0. The molecule has 0 saturated carbocycles. The van der Waals surface area contributed by atoms with Gasteiger partial charge in [0.25, 0.3) is 5.91 Å². The Kier molecular flexibility index (Phi) is 7.50. The Morgan fingerprint density at radius 2 is 1.84 bits per heavy atom. The maximum absolute atomic E-state index is 12.9. The molecule has 0 aliphatic carbocycles. The zero-order valence-corrected chi connectivity index (χ0v) is 18.2. The van der Waals surface area contributed by atoms with E-state index in [-0.39, 0.29) is 24.1 Å². The molecule has 0 aliphatic rings. The van der Waals surface area contributed by atoms with Crippen LogP contribution in [0.4, 0.5) is 0 Å². The van der Waals surface area contributed by atoms with Crippen LogP contribution in [0.15, 0.2) is 60.8 Å². The predicted molar refractivity (Wildman–Crippen MR) is 119 cm³/mol.